The summed E-state index contributed by atoms with van der Waals surface area (Å²) in [6.07, 6.45) is 1.67. The fourth-order valence-corrected chi connectivity index (χ4v) is 1.64. The number of aromatic nitrogens is 1. The second kappa shape index (κ2) is 5.64. The fraction of sp³-hybridized carbons (Fsp3) is 0.143. The molecule has 2 aromatic rings. The second-order valence-corrected chi connectivity index (χ2v) is 4.30. The first-order valence-corrected chi connectivity index (χ1v) is 5.85. The van der Waals surface area contributed by atoms with Gasteiger partial charge in [0.1, 0.15) is 11.6 Å². The summed E-state index contributed by atoms with van der Waals surface area (Å²) in [5.74, 6) is -3.40. The van der Waals surface area contributed by atoms with Gasteiger partial charge in [-0.1, -0.05) is 6.07 Å². The lowest BCUT2D eigenvalue weighted by atomic mass is 10.1. The van der Waals surface area contributed by atoms with Gasteiger partial charge in [-0.2, -0.15) is 0 Å². The van der Waals surface area contributed by atoms with E-state index in [0.717, 1.165) is 11.6 Å². The molecular weight excluding hydrogens is 266 g/mol. The van der Waals surface area contributed by atoms with Crippen molar-refractivity contribution >= 4 is 11.7 Å². The molecule has 0 saturated heterocycles. The standard InChI is InChI=1S/C14H12F2N2O2/c1-8-2-3-9(17-6-8)7-18-13-4-10(14(19)20)11(15)5-12(13)16/h2-6,18H,7H2,1H3,(H,19,20). The molecule has 0 aliphatic rings. The van der Waals surface area contributed by atoms with Crippen LogP contribution in [0.1, 0.15) is 21.6 Å². The number of nitrogens with zero attached hydrogens (tertiary/aromatic N) is 1. The molecule has 2 rings (SSSR count). The van der Waals surface area contributed by atoms with Crippen molar-refractivity contribution in [1.29, 1.82) is 0 Å². The third-order valence-corrected chi connectivity index (χ3v) is 2.72. The van der Waals surface area contributed by atoms with Gasteiger partial charge in [-0.3, -0.25) is 4.98 Å². The van der Waals surface area contributed by atoms with E-state index in [2.05, 4.69) is 10.3 Å². The third-order valence-electron chi connectivity index (χ3n) is 2.72. The third kappa shape index (κ3) is 3.09. The van der Waals surface area contributed by atoms with Gasteiger partial charge in [-0.25, -0.2) is 13.6 Å². The average Bonchev–Trinajstić information content (AvgIpc) is 2.39. The van der Waals surface area contributed by atoms with Crippen molar-refractivity contribution in [2.45, 2.75) is 13.5 Å². The van der Waals surface area contributed by atoms with Crippen LogP contribution < -0.4 is 5.32 Å². The number of carboxylic acid groups (broad SMARTS) is 1. The van der Waals surface area contributed by atoms with Gasteiger partial charge < -0.3 is 10.4 Å². The maximum absolute atomic E-state index is 13.5. The van der Waals surface area contributed by atoms with E-state index in [0.29, 0.717) is 11.8 Å². The summed E-state index contributed by atoms with van der Waals surface area (Å²) in [6.45, 7) is 2.10. The summed E-state index contributed by atoms with van der Waals surface area (Å²) in [4.78, 5) is 14.9. The van der Waals surface area contributed by atoms with Gasteiger partial charge in [0.05, 0.1) is 23.5 Å². The van der Waals surface area contributed by atoms with E-state index < -0.39 is 23.2 Å². The highest BCUT2D eigenvalue weighted by atomic mass is 19.1. The molecule has 20 heavy (non-hydrogen) atoms. The van der Waals surface area contributed by atoms with Crippen molar-refractivity contribution in [1.82, 2.24) is 4.98 Å². The fourth-order valence-electron chi connectivity index (χ4n) is 1.64. The van der Waals surface area contributed by atoms with Crippen LogP contribution in [-0.4, -0.2) is 16.1 Å². The predicted octanol–water partition coefficient (Wildman–Crippen LogP) is 2.98. The first kappa shape index (κ1) is 13.9. The maximum Gasteiger partial charge on any atom is 0.338 e. The molecule has 1 aromatic carbocycles. The van der Waals surface area contributed by atoms with E-state index >= 15 is 0 Å². The Morgan fingerprint density at radius 2 is 2.05 bits per heavy atom. The number of aryl methyl sites for hydroxylation is 1. The predicted molar refractivity (Wildman–Crippen MR) is 69.6 cm³/mol. The zero-order valence-corrected chi connectivity index (χ0v) is 10.7. The van der Waals surface area contributed by atoms with E-state index in [1.54, 1.807) is 12.3 Å². The van der Waals surface area contributed by atoms with Crippen LogP contribution in [0.4, 0.5) is 14.5 Å². The van der Waals surface area contributed by atoms with Crippen LogP contribution in [0, 0.1) is 18.6 Å². The lowest BCUT2D eigenvalue weighted by molar-refractivity contribution is 0.0692. The molecule has 1 aromatic heterocycles. The van der Waals surface area contributed by atoms with E-state index in [1.165, 1.54) is 0 Å². The largest absolute Gasteiger partial charge is 0.478 e. The molecule has 0 atom stereocenters. The Hall–Kier alpha value is -2.50. The highest BCUT2D eigenvalue weighted by Gasteiger charge is 2.15. The van der Waals surface area contributed by atoms with Gasteiger partial charge in [0.2, 0.25) is 0 Å². The number of nitrogens with one attached hydrogen (secondary N) is 1. The van der Waals surface area contributed by atoms with Gasteiger partial charge >= 0.3 is 5.97 Å². The number of carboxylic acids is 1. The molecule has 0 aliphatic carbocycles. The monoisotopic (exact) mass is 278 g/mol. The number of anilines is 1. The Labute approximate surface area is 114 Å². The molecule has 6 heteroatoms. The summed E-state index contributed by atoms with van der Waals surface area (Å²) >= 11 is 0. The van der Waals surface area contributed by atoms with Crippen LogP contribution in [0.5, 0.6) is 0 Å². The van der Waals surface area contributed by atoms with Gasteiger partial charge in [0, 0.05) is 12.3 Å². The molecule has 0 aliphatic heterocycles. The normalized spacial score (nSPS) is 10.3. The van der Waals surface area contributed by atoms with Crippen molar-refractivity contribution < 1.29 is 18.7 Å². The van der Waals surface area contributed by atoms with E-state index in [1.807, 2.05) is 13.0 Å². The number of rotatable bonds is 4. The van der Waals surface area contributed by atoms with Gasteiger partial charge in [-0.05, 0) is 24.6 Å². The quantitative estimate of drug-likeness (QED) is 0.902. The summed E-state index contributed by atoms with van der Waals surface area (Å²) in [5.41, 5.74) is 1.00. The van der Waals surface area contributed by atoms with Gasteiger partial charge in [0.25, 0.3) is 0 Å². The van der Waals surface area contributed by atoms with Crippen LogP contribution in [0.3, 0.4) is 0 Å². The Balaban J connectivity index is 2.18. The number of carbonyl (C=O) groups is 1. The molecule has 104 valence electrons. The molecule has 0 bridgehead atoms. The Kier molecular flexibility index (Phi) is 3.93. The number of pyridine rings is 1. The second-order valence-electron chi connectivity index (χ2n) is 4.30. The molecule has 0 spiro atoms. The van der Waals surface area contributed by atoms with Crippen molar-refractivity contribution in [2.24, 2.45) is 0 Å². The summed E-state index contributed by atoms with van der Waals surface area (Å²) in [7, 11) is 0. The highest BCUT2D eigenvalue weighted by Crippen LogP contribution is 2.20. The molecule has 2 N–H and O–H groups in total. The molecule has 4 nitrogen and oxygen atoms in total. The van der Waals surface area contributed by atoms with Crippen LogP contribution in [0.25, 0.3) is 0 Å². The van der Waals surface area contributed by atoms with Crippen LogP contribution in [-0.2, 0) is 6.54 Å². The molecule has 1 heterocycles. The average molecular weight is 278 g/mol. The van der Waals surface area contributed by atoms with Crippen LogP contribution in [0.15, 0.2) is 30.5 Å². The summed E-state index contributed by atoms with van der Waals surface area (Å²) in [6, 6.07) is 5.10. The van der Waals surface area contributed by atoms with Crippen molar-refractivity contribution in [3.8, 4) is 0 Å². The molecule has 0 radical (unpaired) electrons. The SMILES string of the molecule is Cc1ccc(CNc2cc(C(=O)O)c(F)cc2F)nc1. The number of hydrogen-bond acceptors (Lipinski definition) is 3. The van der Waals surface area contributed by atoms with E-state index in [4.69, 9.17) is 5.11 Å². The molecular formula is C14H12F2N2O2. The molecule has 0 unspecified atom stereocenters. The molecule has 0 saturated carbocycles. The van der Waals surface area contributed by atoms with Crippen LogP contribution in [0.2, 0.25) is 0 Å². The highest BCUT2D eigenvalue weighted by molar-refractivity contribution is 5.89. The minimum atomic E-state index is -1.45. The maximum atomic E-state index is 13.5. The van der Waals surface area contributed by atoms with Crippen molar-refractivity contribution in [3.63, 3.8) is 0 Å². The number of aromatic carboxylic acids is 1. The first-order chi connectivity index (χ1) is 9.47. The minimum absolute atomic E-state index is 0.0776. The van der Waals surface area contributed by atoms with Crippen molar-refractivity contribution in [2.75, 3.05) is 5.32 Å². The summed E-state index contributed by atoms with van der Waals surface area (Å²) in [5, 5.41) is 11.5. The number of hydrogen-bond donors (Lipinski definition) is 2. The number of halogens is 2. The Bertz CT molecular complexity index is 642. The lowest BCUT2D eigenvalue weighted by Crippen LogP contribution is -2.07. The number of benzene rings is 1. The Morgan fingerprint density at radius 3 is 2.65 bits per heavy atom. The van der Waals surface area contributed by atoms with Crippen LogP contribution >= 0.6 is 0 Å². The Morgan fingerprint density at radius 1 is 1.30 bits per heavy atom. The minimum Gasteiger partial charge on any atom is -0.478 e. The molecule has 0 amide bonds. The zero-order chi connectivity index (χ0) is 14.7. The lowest BCUT2D eigenvalue weighted by Gasteiger charge is -2.09. The smallest absolute Gasteiger partial charge is 0.338 e. The van der Waals surface area contributed by atoms with E-state index in [9.17, 15) is 13.6 Å². The first-order valence-electron chi connectivity index (χ1n) is 5.85. The van der Waals surface area contributed by atoms with Crippen molar-refractivity contribution in [3.05, 3.63) is 58.9 Å². The summed E-state index contributed by atoms with van der Waals surface area (Å²) < 4.78 is 26.8. The van der Waals surface area contributed by atoms with Gasteiger partial charge in [0.15, 0.2) is 0 Å². The topological polar surface area (TPSA) is 62.2 Å². The zero-order valence-electron chi connectivity index (χ0n) is 10.7. The van der Waals surface area contributed by atoms with E-state index in [-0.39, 0.29) is 12.2 Å². The molecule has 0 fully saturated rings. The van der Waals surface area contributed by atoms with Gasteiger partial charge in [-0.15, -0.1) is 0 Å².